The Hall–Kier alpha value is -0.380. The fourth-order valence-corrected chi connectivity index (χ4v) is 1.76. The van der Waals surface area contributed by atoms with Crippen LogP contribution in [0.2, 0.25) is 0 Å². The predicted octanol–water partition coefficient (Wildman–Crippen LogP) is 1.43. The highest BCUT2D eigenvalue weighted by Crippen LogP contribution is 2.07. The molecule has 1 saturated heterocycles. The smallest absolute Gasteiger partial charge is 0.0900 e. The molecule has 0 spiro atoms. The van der Waals surface area contributed by atoms with E-state index in [0.29, 0.717) is 13.2 Å². The first-order valence-corrected chi connectivity index (χ1v) is 5.82. The van der Waals surface area contributed by atoms with Crippen molar-refractivity contribution in [1.82, 2.24) is 4.90 Å². The van der Waals surface area contributed by atoms with Gasteiger partial charge in [0.15, 0.2) is 0 Å². The molecule has 0 aromatic heterocycles. The van der Waals surface area contributed by atoms with Gasteiger partial charge in [0.05, 0.1) is 19.3 Å². The van der Waals surface area contributed by atoms with E-state index in [4.69, 9.17) is 4.74 Å². The van der Waals surface area contributed by atoms with Crippen molar-refractivity contribution in [3.63, 3.8) is 0 Å². The zero-order valence-corrected chi connectivity index (χ0v) is 9.91. The Balaban J connectivity index is 2.05. The van der Waals surface area contributed by atoms with Crippen molar-refractivity contribution in [2.24, 2.45) is 0 Å². The van der Waals surface area contributed by atoms with Crippen molar-refractivity contribution in [3.05, 3.63) is 11.6 Å². The van der Waals surface area contributed by atoms with Gasteiger partial charge in [0, 0.05) is 6.54 Å². The van der Waals surface area contributed by atoms with Crippen molar-refractivity contribution in [1.29, 1.82) is 0 Å². The highest BCUT2D eigenvalue weighted by atomic mass is 16.5. The topological polar surface area (TPSA) is 32.7 Å². The molecule has 1 aliphatic heterocycles. The Morgan fingerprint density at radius 3 is 2.73 bits per heavy atom. The van der Waals surface area contributed by atoms with Gasteiger partial charge in [0.2, 0.25) is 0 Å². The highest BCUT2D eigenvalue weighted by Gasteiger charge is 2.15. The van der Waals surface area contributed by atoms with Crippen molar-refractivity contribution in [3.8, 4) is 0 Å². The molecule has 0 bridgehead atoms. The fraction of sp³-hybridized carbons (Fsp3) is 0.833. The van der Waals surface area contributed by atoms with Crippen LogP contribution in [-0.2, 0) is 4.74 Å². The number of hydrogen-bond acceptors (Lipinski definition) is 3. The van der Waals surface area contributed by atoms with Gasteiger partial charge in [-0.25, -0.2) is 0 Å². The first kappa shape index (κ1) is 12.7. The zero-order valence-electron chi connectivity index (χ0n) is 9.91. The molecule has 0 saturated carbocycles. The standard InChI is InChI=1S/C12H23NO2/c1-3-11(2)9-15-10-12(14)8-13-6-4-5-7-13/h3,12,14H,4-10H2,1-2H3/b11-3+. The summed E-state index contributed by atoms with van der Waals surface area (Å²) in [6, 6.07) is 0. The average Bonchev–Trinajstić information content (AvgIpc) is 2.70. The van der Waals surface area contributed by atoms with Crippen LogP contribution in [0.25, 0.3) is 0 Å². The first-order valence-electron chi connectivity index (χ1n) is 5.82. The molecule has 0 amide bonds. The van der Waals surface area contributed by atoms with Crippen molar-refractivity contribution < 1.29 is 9.84 Å². The molecule has 1 unspecified atom stereocenters. The van der Waals surface area contributed by atoms with Crippen LogP contribution in [0.15, 0.2) is 11.6 Å². The predicted molar refractivity (Wildman–Crippen MR) is 61.9 cm³/mol. The van der Waals surface area contributed by atoms with E-state index in [2.05, 4.69) is 4.90 Å². The lowest BCUT2D eigenvalue weighted by atomic mass is 10.3. The summed E-state index contributed by atoms with van der Waals surface area (Å²) in [4.78, 5) is 2.30. The monoisotopic (exact) mass is 213 g/mol. The maximum Gasteiger partial charge on any atom is 0.0900 e. The normalized spacial score (nSPS) is 20.9. The third-order valence-electron chi connectivity index (χ3n) is 2.80. The number of likely N-dealkylation sites (tertiary alicyclic amines) is 1. The number of β-amino-alcohol motifs (C(OH)–C–C–N with tert-alkyl or cyclic N) is 1. The van der Waals surface area contributed by atoms with E-state index in [9.17, 15) is 5.11 Å². The van der Waals surface area contributed by atoms with E-state index in [1.54, 1.807) is 0 Å². The molecule has 1 heterocycles. The van der Waals surface area contributed by atoms with Gasteiger partial charge in [0.1, 0.15) is 0 Å². The number of allylic oxidation sites excluding steroid dienone is 1. The van der Waals surface area contributed by atoms with Crippen molar-refractivity contribution in [2.45, 2.75) is 32.8 Å². The minimum Gasteiger partial charge on any atom is -0.389 e. The van der Waals surface area contributed by atoms with Gasteiger partial charge in [-0.3, -0.25) is 0 Å². The summed E-state index contributed by atoms with van der Waals surface area (Å²) in [5.41, 5.74) is 1.21. The minimum absolute atomic E-state index is 0.340. The summed E-state index contributed by atoms with van der Waals surface area (Å²) < 4.78 is 5.41. The molecule has 1 N–H and O–H groups in total. The molecule has 1 fully saturated rings. The molecule has 0 aromatic carbocycles. The summed E-state index contributed by atoms with van der Waals surface area (Å²) in [5, 5.41) is 9.71. The fourth-order valence-electron chi connectivity index (χ4n) is 1.76. The second-order valence-corrected chi connectivity index (χ2v) is 4.31. The third-order valence-corrected chi connectivity index (χ3v) is 2.80. The first-order chi connectivity index (χ1) is 7.22. The molecular formula is C12H23NO2. The van der Waals surface area contributed by atoms with Gasteiger partial charge in [-0.15, -0.1) is 0 Å². The van der Waals surface area contributed by atoms with Gasteiger partial charge in [-0.2, -0.15) is 0 Å². The van der Waals surface area contributed by atoms with Crippen LogP contribution in [-0.4, -0.2) is 49.0 Å². The highest BCUT2D eigenvalue weighted by molar-refractivity contribution is 4.95. The Kier molecular flexibility index (Phi) is 5.91. The average molecular weight is 213 g/mol. The number of aliphatic hydroxyl groups is 1. The minimum atomic E-state index is -0.340. The van der Waals surface area contributed by atoms with E-state index in [0.717, 1.165) is 19.6 Å². The van der Waals surface area contributed by atoms with E-state index in [1.807, 2.05) is 19.9 Å². The molecule has 88 valence electrons. The molecule has 0 radical (unpaired) electrons. The van der Waals surface area contributed by atoms with E-state index in [-0.39, 0.29) is 6.10 Å². The molecule has 3 nitrogen and oxygen atoms in total. The largest absolute Gasteiger partial charge is 0.389 e. The lowest BCUT2D eigenvalue weighted by Crippen LogP contribution is -2.33. The second-order valence-electron chi connectivity index (χ2n) is 4.31. The van der Waals surface area contributed by atoms with Gasteiger partial charge >= 0.3 is 0 Å². The second kappa shape index (κ2) is 6.99. The molecule has 15 heavy (non-hydrogen) atoms. The summed E-state index contributed by atoms with van der Waals surface area (Å²) in [7, 11) is 0. The summed E-state index contributed by atoms with van der Waals surface area (Å²) in [5.74, 6) is 0. The maximum atomic E-state index is 9.71. The van der Waals surface area contributed by atoms with Gasteiger partial charge in [-0.05, 0) is 39.8 Å². The summed E-state index contributed by atoms with van der Waals surface area (Å²) >= 11 is 0. The Morgan fingerprint density at radius 2 is 2.13 bits per heavy atom. The SMILES string of the molecule is C/C=C(\C)COCC(O)CN1CCCC1. The van der Waals surface area contributed by atoms with Gasteiger partial charge < -0.3 is 14.7 Å². The molecule has 1 atom stereocenters. The van der Waals surface area contributed by atoms with Crippen LogP contribution in [0, 0.1) is 0 Å². The summed E-state index contributed by atoms with van der Waals surface area (Å²) in [6.07, 6.45) is 4.23. The van der Waals surface area contributed by atoms with Crippen molar-refractivity contribution >= 4 is 0 Å². The van der Waals surface area contributed by atoms with E-state index >= 15 is 0 Å². The lowest BCUT2D eigenvalue weighted by molar-refractivity contribution is 0.0285. The molecule has 0 aromatic rings. The van der Waals surface area contributed by atoms with E-state index < -0.39 is 0 Å². The Morgan fingerprint density at radius 1 is 1.47 bits per heavy atom. The third kappa shape index (κ3) is 5.30. The number of ether oxygens (including phenoxy) is 1. The van der Waals surface area contributed by atoms with Crippen LogP contribution >= 0.6 is 0 Å². The van der Waals surface area contributed by atoms with Crippen LogP contribution < -0.4 is 0 Å². The van der Waals surface area contributed by atoms with Crippen LogP contribution in [0.3, 0.4) is 0 Å². The summed E-state index contributed by atoms with van der Waals surface area (Å²) in [6.45, 7) is 8.13. The van der Waals surface area contributed by atoms with Crippen LogP contribution in [0.1, 0.15) is 26.7 Å². The molecular weight excluding hydrogens is 190 g/mol. The molecule has 1 aliphatic rings. The number of rotatable bonds is 6. The zero-order chi connectivity index (χ0) is 11.1. The molecule has 1 rings (SSSR count). The Labute approximate surface area is 92.7 Å². The maximum absolute atomic E-state index is 9.71. The lowest BCUT2D eigenvalue weighted by Gasteiger charge is -2.19. The number of nitrogens with zero attached hydrogens (tertiary/aromatic N) is 1. The van der Waals surface area contributed by atoms with Gasteiger partial charge in [0.25, 0.3) is 0 Å². The molecule has 3 heteroatoms. The van der Waals surface area contributed by atoms with Crippen molar-refractivity contribution in [2.75, 3.05) is 32.8 Å². The van der Waals surface area contributed by atoms with Crippen LogP contribution in [0.4, 0.5) is 0 Å². The van der Waals surface area contributed by atoms with E-state index in [1.165, 1.54) is 18.4 Å². The van der Waals surface area contributed by atoms with Gasteiger partial charge in [-0.1, -0.05) is 11.6 Å². The number of aliphatic hydroxyl groups excluding tert-OH is 1. The van der Waals surface area contributed by atoms with Crippen LogP contribution in [0.5, 0.6) is 0 Å². The quantitative estimate of drug-likeness (QED) is 0.677. The molecule has 0 aliphatic carbocycles. The Bertz CT molecular complexity index is 198. The number of hydrogen-bond donors (Lipinski definition) is 1.